The minimum absolute atomic E-state index is 0.447. The van der Waals surface area contributed by atoms with Crippen molar-refractivity contribution in [2.45, 2.75) is 19.0 Å². The number of nitrogens with one attached hydrogen (secondary N) is 1. The molecule has 16 heavy (non-hydrogen) atoms. The molecule has 0 aromatic carbocycles. The summed E-state index contributed by atoms with van der Waals surface area (Å²) in [5.74, 6) is 1.03. The van der Waals surface area contributed by atoms with Crippen molar-refractivity contribution in [1.29, 1.82) is 0 Å². The average Bonchev–Trinajstić information content (AvgIpc) is 2.24. The Balaban J connectivity index is 2.46. The van der Waals surface area contributed by atoms with Crippen LogP contribution in [0.4, 0.5) is 19.0 Å². The summed E-state index contributed by atoms with van der Waals surface area (Å²) in [7, 11) is 0. The summed E-state index contributed by atoms with van der Waals surface area (Å²) in [6.07, 6.45) is -1.77. The SMILES string of the molecule is FC(F)(F)c1ccc(NCCCCCl)nc1. The van der Waals surface area contributed by atoms with Gasteiger partial charge in [0.1, 0.15) is 5.82 Å². The van der Waals surface area contributed by atoms with Gasteiger partial charge >= 0.3 is 6.18 Å². The molecule has 0 saturated carbocycles. The van der Waals surface area contributed by atoms with E-state index in [0.717, 1.165) is 25.1 Å². The molecule has 0 bridgehead atoms. The molecule has 0 amide bonds. The molecule has 90 valence electrons. The van der Waals surface area contributed by atoms with E-state index in [-0.39, 0.29) is 0 Å². The molecule has 1 heterocycles. The molecule has 0 radical (unpaired) electrons. The van der Waals surface area contributed by atoms with E-state index < -0.39 is 11.7 Å². The Hall–Kier alpha value is -0.970. The van der Waals surface area contributed by atoms with Gasteiger partial charge in [0, 0.05) is 18.6 Å². The lowest BCUT2D eigenvalue weighted by Crippen LogP contribution is -2.07. The number of pyridine rings is 1. The van der Waals surface area contributed by atoms with Crippen LogP contribution in [0.2, 0.25) is 0 Å². The third-order valence-electron chi connectivity index (χ3n) is 1.96. The molecule has 0 saturated heterocycles. The van der Waals surface area contributed by atoms with Gasteiger partial charge in [0.15, 0.2) is 0 Å². The van der Waals surface area contributed by atoms with Crippen molar-refractivity contribution >= 4 is 17.4 Å². The minimum Gasteiger partial charge on any atom is -0.370 e. The van der Waals surface area contributed by atoms with Crippen LogP contribution in [0.15, 0.2) is 18.3 Å². The number of nitrogens with zero attached hydrogens (tertiary/aromatic N) is 1. The Bertz CT molecular complexity index is 311. The third kappa shape index (κ3) is 4.26. The largest absolute Gasteiger partial charge is 0.417 e. The lowest BCUT2D eigenvalue weighted by Gasteiger charge is -2.08. The molecular weight excluding hydrogens is 241 g/mol. The molecule has 1 aromatic rings. The van der Waals surface area contributed by atoms with E-state index in [2.05, 4.69) is 10.3 Å². The summed E-state index contributed by atoms with van der Waals surface area (Å²) in [5.41, 5.74) is -0.737. The van der Waals surface area contributed by atoms with Gasteiger partial charge in [-0.05, 0) is 25.0 Å². The van der Waals surface area contributed by atoms with Crippen molar-refractivity contribution in [3.8, 4) is 0 Å². The molecule has 0 aliphatic carbocycles. The van der Waals surface area contributed by atoms with Crippen LogP contribution in [0, 0.1) is 0 Å². The van der Waals surface area contributed by atoms with E-state index in [1.165, 1.54) is 6.07 Å². The van der Waals surface area contributed by atoms with Gasteiger partial charge in [-0.25, -0.2) is 4.98 Å². The van der Waals surface area contributed by atoms with Gasteiger partial charge < -0.3 is 5.32 Å². The van der Waals surface area contributed by atoms with Crippen molar-refractivity contribution in [2.24, 2.45) is 0 Å². The van der Waals surface area contributed by atoms with Crippen LogP contribution in [-0.4, -0.2) is 17.4 Å². The first-order chi connectivity index (χ1) is 7.54. The maximum absolute atomic E-state index is 12.2. The van der Waals surface area contributed by atoms with Gasteiger partial charge in [-0.3, -0.25) is 0 Å². The molecule has 1 aromatic heterocycles. The predicted octanol–water partition coefficient (Wildman–Crippen LogP) is 3.53. The van der Waals surface area contributed by atoms with E-state index in [1.54, 1.807) is 0 Å². The number of unbranched alkanes of at least 4 members (excludes halogenated alkanes) is 1. The van der Waals surface area contributed by atoms with Gasteiger partial charge in [-0.15, -0.1) is 11.6 Å². The van der Waals surface area contributed by atoms with Crippen molar-refractivity contribution in [3.63, 3.8) is 0 Å². The van der Waals surface area contributed by atoms with Crippen molar-refractivity contribution < 1.29 is 13.2 Å². The fourth-order valence-corrected chi connectivity index (χ4v) is 1.29. The summed E-state index contributed by atoms with van der Waals surface area (Å²) >= 11 is 5.49. The highest BCUT2D eigenvalue weighted by atomic mass is 35.5. The van der Waals surface area contributed by atoms with Gasteiger partial charge in [0.2, 0.25) is 0 Å². The van der Waals surface area contributed by atoms with Crippen LogP contribution in [0.5, 0.6) is 0 Å². The highest BCUT2D eigenvalue weighted by molar-refractivity contribution is 6.17. The second-order valence-corrected chi connectivity index (χ2v) is 3.63. The zero-order valence-corrected chi connectivity index (χ0v) is 9.28. The first-order valence-electron chi connectivity index (χ1n) is 4.87. The smallest absolute Gasteiger partial charge is 0.370 e. The van der Waals surface area contributed by atoms with Crippen LogP contribution in [0.3, 0.4) is 0 Å². The first-order valence-corrected chi connectivity index (χ1v) is 5.40. The van der Waals surface area contributed by atoms with Crippen molar-refractivity contribution in [1.82, 2.24) is 4.98 Å². The normalized spacial score (nSPS) is 11.5. The Morgan fingerprint density at radius 1 is 1.25 bits per heavy atom. The van der Waals surface area contributed by atoms with E-state index in [4.69, 9.17) is 11.6 Å². The predicted molar refractivity (Wildman–Crippen MR) is 57.7 cm³/mol. The molecule has 0 unspecified atom stereocenters. The van der Waals surface area contributed by atoms with Crippen LogP contribution in [0.25, 0.3) is 0 Å². The van der Waals surface area contributed by atoms with Crippen LogP contribution >= 0.6 is 11.6 Å². The number of hydrogen-bond acceptors (Lipinski definition) is 2. The molecule has 0 aliphatic heterocycles. The molecule has 0 spiro atoms. The zero-order chi connectivity index (χ0) is 12.0. The molecular formula is C10H12ClF3N2. The second-order valence-electron chi connectivity index (χ2n) is 3.25. The highest BCUT2D eigenvalue weighted by Crippen LogP contribution is 2.28. The summed E-state index contributed by atoms with van der Waals surface area (Å²) in [6.45, 7) is 0.658. The van der Waals surface area contributed by atoms with Crippen LogP contribution in [0.1, 0.15) is 18.4 Å². The van der Waals surface area contributed by atoms with Gasteiger partial charge in [0.25, 0.3) is 0 Å². The molecule has 1 rings (SSSR count). The maximum atomic E-state index is 12.2. The molecule has 0 aliphatic rings. The number of alkyl halides is 4. The molecule has 6 heteroatoms. The molecule has 0 atom stereocenters. The van der Waals surface area contributed by atoms with E-state index in [0.29, 0.717) is 18.2 Å². The number of halogens is 4. The van der Waals surface area contributed by atoms with Gasteiger partial charge in [-0.1, -0.05) is 0 Å². The third-order valence-corrected chi connectivity index (χ3v) is 2.22. The average molecular weight is 253 g/mol. The zero-order valence-electron chi connectivity index (χ0n) is 8.52. The Morgan fingerprint density at radius 2 is 2.00 bits per heavy atom. The van der Waals surface area contributed by atoms with E-state index in [1.807, 2.05) is 0 Å². The minimum atomic E-state index is -4.33. The second kappa shape index (κ2) is 5.94. The Morgan fingerprint density at radius 3 is 2.50 bits per heavy atom. The summed E-state index contributed by atoms with van der Waals surface area (Å²) in [5, 5.41) is 2.92. The van der Waals surface area contributed by atoms with E-state index >= 15 is 0 Å². The number of hydrogen-bond donors (Lipinski definition) is 1. The standard InChI is InChI=1S/C10H12ClF3N2/c11-5-1-2-6-15-9-4-3-8(7-16-9)10(12,13)14/h3-4,7H,1-2,5-6H2,(H,15,16). The Kier molecular flexibility index (Phi) is 4.86. The molecule has 1 N–H and O–H groups in total. The summed E-state index contributed by atoms with van der Waals surface area (Å²) in [6, 6.07) is 2.33. The number of rotatable bonds is 5. The topological polar surface area (TPSA) is 24.9 Å². The lowest BCUT2D eigenvalue weighted by molar-refractivity contribution is -0.137. The van der Waals surface area contributed by atoms with Crippen LogP contribution < -0.4 is 5.32 Å². The first kappa shape index (κ1) is 13.1. The van der Waals surface area contributed by atoms with Gasteiger partial charge in [0.05, 0.1) is 5.56 Å². The lowest BCUT2D eigenvalue weighted by atomic mass is 10.3. The monoisotopic (exact) mass is 252 g/mol. The maximum Gasteiger partial charge on any atom is 0.417 e. The summed E-state index contributed by atoms with van der Waals surface area (Å²) < 4.78 is 36.6. The number of aromatic nitrogens is 1. The van der Waals surface area contributed by atoms with Crippen molar-refractivity contribution in [3.05, 3.63) is 23.9 Å². The number of anilines is 1. The molecule has 2 nitrogen and oxygen atoms in total. The quantitative estimate of drug-likeness (QED) is 0.641. The Labute approximate surface area is 96.8 Å². The fourth-order valence-electron chi connectivity index (χ4n) is 1.10. The summed E-state index contributed by atoms with van der Waals surface area (Å²) in [4.78, 5) is 3.68. The van der Waals surface area contributed by atoms with Crippen LogP contribution in [-0.2, 0) is 6.18 Å². The fraction of sp³-hybridized carbons (Fsp3) is 0.500. The van der Waals surface area contributed by atoms with Gasteiger partial charge in [-0.2, -0.15) is 13.2 Å². The van der Waals surface area contributed by atoms with E-state index in [9.17, 15) is 13.2 Å². The van der Waals surface area contributed by atoms with Crippen molar-refractivity contribution in [2.75, 3.05) is 17.7 Å². The highest BCUT2D eigenvalue weighted by Gasteiger charge is 2.30. The molecule has 0 fully saturated rings.